The van der Waals surface area contributed by atoms with Crippen LogP contribution in [-0.2, 0) is 19.1 Å². The lowest BCUT2D eigenvalue weighted by molar-refractivity contribution is -0.138. The summed E-state index contributed by atoms with van der Waals surface area (Å²) >= 11 is 0. The Bertz CT molecular complexity index is 968. The number of anilines is 2. The van der Waals surface area contributed by atoms with Crippen LogP contribution in [0.1, 0.15) is 13.3 Å². The van der Waals surface area contributed by atoms with E-state index in [9.17, 15) is 14.4 Å². The fourth-order valence-corrected chi connectivity index (χ4v) is 3.40. The average molecular weight is 394 g/mol. The van der Waals surface area contributed by atoms with Crippen molar-refractivity contribution in [3.8, 4) is 5.75 Å². The van der Waals surface area contributed by atoms with Crippen molar-refractivity contribution in [1.82, 2.24) is 0 Å². The van der Waals surface area contributed by atoms with Gasteiger partial charge in [0.25, 0.3) is 0 Å². The number of esters is 1. The molecule has 0 radical (unpaired) electrons. The van der Waals surface area contributed by atoms with Crippen molar-refractivity contribution in [3.05, 3.63) is 65.9 Å². The van der Waals surface area contributed by atoms with E-state index in [4.69, 9.17) is 9.47 Å². The lowest BCUT2D eigenvalue weighted by atomic mass is 9.88. The first-order valence-electron chi connectivity index (χ1n) is 9.08. The van der Waals surface area contributed by atoms with Crippen LogP contribution in [0, 0.1) is 5.92 Å². The highest BCUT2D eigenvalue weighted by Crippen LogP contribution is 2.34. The zero-order valence-electron chi connectivity index (χ0n) is 16.5. The Morgan fingerprint density at radius 3 is 2.45 bits per heavy atom. The van der Waals surface area contributed by atoms with E-state index < -0.39 is 17.8 Å². The van der Waals surface area contributed by atoms with Gasteiger partial charge in [-0.2, -0.15) is 0 Å². The molecular weight excluding hydrogens is 372 g/mol. The van der Waals surface area contributed by atoms with Crippen molar-refractivity contribution in [2.45, 2.75) is 13.3 Å². The normalized spacial score (nSPS) is 16.4. The molecule has 0 fully saturated rings. The van der Waals surface area contributed by atoms with Crippen molar-refractivity contribution in [1.29, 1.82) is 0 Å². The highest BCUT2D eigenvalue weighted by Gasteiger charge is 2.40. The molecule has 0 bridgehead atoms. The van der Waals surface area contributed by atoms with Gasteiger partial charge in [0.15, 0.2) is 0 Å². The molecule has 1 aliphatic heterocycles. The molecule has 2 aromatic rings. The molecule has 150 valence electrons. The van der Waals surface area contributed by atoms with E-state index in [1.165, 1.54) is 19.1 Å². The molecule has 0 unspecified atom stereocenters. The molecule has 0 saturated carbocycles. The van der Waals surface area contributed by atoms with Crippen LogP contribution >= 0.6 is 0 Å². The van der Waals surface area contributed by atoms with Gasteiger partial charge in [-0.05, 0) is 31.2 Å². The van der Waals surface area contributed by atoms with Crippen molar-refractivity contribution in [2.24, 2.45) is 5.92 Å². The highest BCUT2D eigenvalue weighted by molar-refractivity contribution is 6.10. The summed E-state index contributed by atoms with van der Waals surface area (Å²) in [5.74, 6) is -1.74. The lowest BCUT2D eigenvalue weighted by Crippen LogP contribution is -2.43. The van der Waals surface area contributed by atoms with E-state index in [1.807, 2.05) is 6.07 Å². The average Bonchev–Trinajstić information content (AvgIpc) is 2.73. The smallest absolute Gasteiger partial charge is 0.336 e. The number of ether oxygens (including phenoxy) is 2. The third kappa shape index (κ3) is 4.13. The molecule has 7 nitrogen and oxygen atoms in total. The number of benzene rings is 2. The van der Waals surface area contributed by atoms with Gasteiger partial charge >= 0.3 is 5.97 Å². The number of carbonyl (C=O) groups is 3. The molecule has 2 aromatic carbocycles. The van der Waals surface area contributed by atoms with Gasteiger partial charge in [-0.15, -0.1) is 0 Å². The monoisotopic (exact) mass is 394 g/mol. The van der Waals surface area contributed by atoms with Gasteiger partial charge < -0.3 is 14.8 Å². The minimum absolute atomic E-state index is 0.146. The fourth-order valence-electron chi connectivity index (χ4n) is 3.40. The maximum atomic E-state index is 13.0. The van der Waals surface area contributed by atoms with Gasteiger partial charge in [0.2, 0.25) is 11.8 Å². The van der Waals surface area contributed by atoms with Crippen molar-refractivity contribution >= 4 is 29.2 Å². The Balaban J connectivity index is 1.97. The predicted molar refractivity (Wildman–Crippen MR) is 108 cm³/mol. The summed E-state index contributed by atoms with van der Waals surface area (Å²) in [4.78, 5) is 39.8. The Hall–Kier alpha value is -3.61. The van der Waals surface area contributed by atoms with E-state index >= 15 is 0 Å². The zero-order valence-corrected chi connectivity index (χ0v) is 16.5. The number of hydrogen-bond acceptors (Lipinski definition) is 5. The predicted octanol–water partition coefficient (Wildman–Crippen LogP) is 3.13. The maximum absolute atomic E-state index is 13.0. The molecule has 3 rings (SSSR count). The van der Waals surface area contributed by atoms with Crippen LogP contribution in [0.4, 0.5) is 11.4 Å². The Morgan fingerprint density at radius 2 is 1.79 bits per heavy atom. The summed E-state index contributed by atoms with van der Waals surface area (Å²) in [5, 5.41) is 2.76. The molecule has 0 aliphatic carbocycles. The number of amides is 2. The number of nitrogens with zero attached hydrogens (tertiary/aromatic N) is 1. The third-order valence-electron chi connectivity index (χ3n) is 4.78. The number of para-hydroxylation sites is 1. The van der Waals surface area contributed by atoms with Crippen LogP contribution < -0.4 is 15.0 Å². The summed E-state index contributed by atoms with van der Waals surface area (Å²) in [7, 11) is 2.78. The number of rotatable bonds is 5. The maximum Gasteiger partial charge on any atom is 0.336 e. The van der Waals surface area contributed by atoms with E-state index in [2.05, 4.69) is 5.32 Å². The summed E-state index contributed by atoms with van der Waals surface area (Å²) in [6.45, 7) is 1.64. The first-order chi connectivity index (χ1) is 14.0. The zero-order chi connectivity index (χ0) is 21.0. The molecular formula is C22H22N2O5. The molecule has 7 heteroatoms. The Labute approximate surface area is 168 Å². The summed E-state index contributed by atoms with van der Waals surface area (Å²) in [6.07, 6.45) is -0.146. The van der Waals surface area contributed by atoms with Gasteiger partial charge in [0.05, 0.1) is 25.7 Å². The first-order valence-corrected chi connectivity index (χ1v) is 9.08. The largest absolute Gasteiger partial charge is 0.497 e. The fraction of sp³-hybridized carbons (Fsp3) is 0.227. The van der Waals surface area contributed by atoms with Crippen molar-refractivity contribution < 1.29 is 23.9 Å². The molecule has 0 spiro atoms. The molecule has 29 heavy (non-hydrogen) atoms. The lowest BCUT2D eigenvalue weighted by Gasteiger charge is -2.33. The minimum Gasteiger partial charge on any atom is -0.497 e. The summed E-state index contributed by atoms with van der Waals surface area (Å²) < 4.78 is 10.1. The van der Waals surface area contributed by atoms with Crippen LogP contribution in [-0.4, -0.2) is 32.0 Å². The minimum atomic E-state index is -0.957. The van der Waals surface area contributed by atoms with Gasteiger partial charge in [0.1, 0.15) is 5.75 Å². The van der Waals surface area contributed by atoms with Gasteiger partial charge in [0, 0.05) is 29.6 Å². The highest BCUT2D eigenvalue weighted by atomic mass is 16.5. The quantitative estimate of drug-likeness (QED) is 0.788. The number of nitrogens with one attached hydrogen (secondary N) is 1. The molecule has 0 aromatic heterocycles. The second-order valence-corrected chi connectivity index (χ2v) is 6.53. The van der Waals surface area contributed by atoms with Crippen LogP contribution in [0.25, 0.3) is 0 Å². The molecule has 0 saturated heterocycles. The van der Waals surface area contributed by atoms with E-state index in [-0.39, 0.29) is 17.9 Å². The summed E-state index contributed by atoms with van der Waals surface area (Å²) in [5.41, 5.74) is 1.68. The second-order valence-electron chi connectivity index (χ2n) is 6.53. The van der Waals surface area contributed by atoms with Crippen LogP contribution in [0.2, 0.25) is 0 Å². The second kappa shape index (κ2) is 8.60. The number of allylic oxidation sites excluding steroid dienone is 1. The van der Waals surface area contributed by atoms with Gasteiger partial charge in [-0.1, -0.05) is 24.3 Å². The van der Waals surface area contributed by atoms with Crippen molar-refractivity contribution in [2.75, 3.05) is 24.4 Å². The third-order valence-corrected chi connectivity index (χ3v) is 4.78. The number of carbonyl (C=O) groups excluding carboxylic acids is 3. The SMILES string of the molecule is COC(=O)C1=C(C)N(c2ccccc2)C(=O)C[C@@H]1C(=O)Nc1cccc(OC)c1. The van der Waals surface area contributed by atoms with Crippen LogP contribution in [0.3, 0.4) is 0 Å². The number of hydrogen-bond donors (Lipinski definition) is 1. The van der Waals surface area contributed by atoms with Gasteiger partial charge in [-0.25, -0.2) is 4.79 Å². The Kier molecular flexibility index (Phi) is 5.97. The van der Waals surface area contributed by atoms with Crippen LogP contribution in [0.15, 0.2) is 65.9 Å². The molecule has 2 amide bonds. The van der Waals surface area contributed by atoms with Crippen molar-refractivity contribution in [3.63, 3.8) is 0 Å². The first kappa shape index (κ1) is 20.1. The van der Waals surface area contributed by atoms with Crippen LogP contribution in [0.5, 0.6) is 5.75 Å². The molecule has 1 N–H and O–H groups in total. The van der Waals surface area contributed by atoms with Gasteiger partial charge in [-0.3, -0.25) is 14.5 Å². The molecule has 1 atom stereocenters. The van der Waals surface area contributed by atoms with E-state index in [1.54, 1.807) is 55.5 Å². The summed E-state index contributed by atoms with van der Waals surface area (Å²) in [6, 6.07) is 15.8. The number of methoxy groups -OCH3 is 2. The standard InChI is InChI=1S/C22H22N2O5/c1-14-20(22(27)29-3)18(13-19(25)24(14)16-9-5-4-6-10-16)21(26)23-15-8-7-11-17(12-15)28-2/h4-12,18H,13H2,1-3H3,(H,23,26)/t18-/m0/s1. The van der Waals surface area contributed by atoms with E-state index in [0.29, 0.717) is 22.8 Å². The Morgan fingerprint density at radius 1 is 1.07 bits per heavy atom. The molecule has 1 heterocycles. The van der Waals surface area contributed by atoms with E-state index in [0.717, 1.165) is 0 Å². The molecule has 1 aliphatic rings. The topological polar surface area (TPSA) is 84.9 Å².